The standard InChI is InChI=1S/C18H32O2.C12H22O11/c1-2-3-4-5-6-7-8-9-10-11-12-13-14-15-16-17-18(19)20;13-1-4-6(16)8(18)9(19)11(21-4)23-12(3-15)10(20)7(17)5(2-14)22-12/h6-7,9-10H,2-5,8,11-17H2,1H3,(H,19,20);4-11,13-20H,1-3H2/b7-6+,10-9+;/t;4-,5-,6-,7-,8+,9-,10+,11-,12?/m.1/s1. The number of carboxylic acids is 1. The molecule has 2 aliphatic heterocycles. The average Bonchev–Trinajstić information content (AvgIpc) is 3.24. The van der Waals surface area contributed by atoms with Crippen LogP contribution >= 0.6 is 0 Å². The Morgan fingerprint density at radius 2 is 1.33 bits per heavy atom. The van der Waals surface area contributed by atoms with Gasteiger partial charge < -0.3 is 60.2 Å². The van der Waals surface area contributed by atoms with Crippen LogP contribution in [0.5, 0.6) is 0 Å². The SMILES string of the molecule is CCCCC/C=C/C/C=C/CCCCCCCC(=O)O.OC[C@H]1OC(CO)(O[C@H]2O[C@H](CO)[C@@H](O)[C@H](O)[C@H]2O)[C@@H](O)[C@@H]1O. The van der Waals surface area contributed by atoms with E-state index >= 15 is 0 Å². The minimum atomic E-state index is -2.22. The molecule has 0 spiro atoms. The molecule has 2 rings (SSSR count). The quantitative estimate of drug-likeness (QED) is 0.0707. The van der Waals surface area contributed by atoms with Crippen LogP contribution in [0.3, 0.4) is 0 Å². The maximum absolute atomic E-state index is 10.3. The molecule has 0 bridgehead atoms. The highest BCUT2D eigenvalue weighted by molar-refractivity contribution is 5.66. The van der Waals surface area contributed by atoms with Crippen LogP contribution in [-0.4, -0.2) is 127 Å². The van der Waals surface area contributed by atoms with Crippen LogP contribution in [-0.2, 0) is 19.0 Å². The van der Waals surface area contributed by atoms with Crippen molar-refractivity contribution in [2.45, 2.75) is 139 Å². The third-order valence-electron chi connectivity index (χ3n) is 7.41. The number of aliphatic hydroxyl groups excluding tert-OH is 8. The molecule has 0 aromatic carbocycles. The van der Waals surface area contributed by atoms with Gasteiger partial charge in [-0.2, -0.15) is 0 Å². The summed E-state index contributed by atoms with van der Waals surface area (Å²) in [4.78, 5) is 10.3. The van der Waals surface area contributed by atoms with Crippen molar-refractivity contribution in [3.8, 4) is 0 Å². The number of allylic oxidation sites excluding steroid dienone is 4. The summed E-state index contributed by atoms with van der Waals surface area (Å²) in [5.41, 5.74) is 0. The Hall–Kier alpha value is -1.49. The Kier molecular flexibility index (Phi) is 20.3. The van der Waals surface area contributed by atoms with E-state index in [-0.39, 0.29) is 0 Å². The van der Waals surface area contributed by atoms with Gasteiger partial charge in [-0.25, -0.2) is 0 Å². The second-order valence-electron chi connectivity index (χ2n) is 10.9. The lowest BCUT2D eigenvalue weighted by molar-refractivity contribution is -0.383. The van der Waals surface area contributed by atoms with Gasteiger partial charge in [-0.15, -0.1) is 0 Å². The lowest BCUT2D eigenvalue weighted by Gasteiger charge is -2.43. The molecule has 13 nitrogen and oxygen atoms in total. The Labute approximate surface area is 254 Å². The molecule has 2 fully saturated rings. The minimum Gasteiger partial charge on any atom is -0.481 e. The summed E-state index contributed by atoms with van der Waals surface area (Å²) in [6.45, 7) is -0.0877. The van der Waals surface area contributed by atoms with Crippen molar-refractivity contribution in [1.29, 1.82) is 0 Å². The first-order chi connectivity index (χ1) is 20.6. The fraction of sp³-hybridized carbons (Fsp3) is 0.833. The van der Waals surface area contributed by atoms with Crippen molar-refractivity contribution in [2.75, 3.05) is 19.8 Å². The topological polar surface area (TPSA) is 227 Å². The number of hydrogen-bond donors (Lipinski definition) is 9. The van der Waals surface area contributed by atoms with Gasteiger partial charge in [0.25, 0.3) is 0 Å². The van der Waals surface area contributed by atoms with E-state index in [0.717, 1.165) is 25.7 Å². The largest absolute Gasteiger partial charge is 0.481 e. The zero-order valence-electron chi connectivity index (χ0n) is 25.2. The Balaban J connectivity index is 0.000000436. The maximum atomic E-state index is 10.3. The molecule has 0 saturated carbocycles. The van der Waals surface area contributed by atoms with Gasteiger partial charge >= 0.3 is 5.97 Å². The summed E-state index contributed by atoms with van der Waals surface area (Å²) in [6.07, 6.45) is 9.63. The van der Waals surface area contributed by atoms with Crippen LogP contribution in [0.4, 0.5) is 0 Å². The minimum absolute atomic E-state index is 0.324. The summed E-state index contributed by atoms with van der Waals surface area (Å²) >= 11 is 0. The summed E-state index contributed by atoms with van der Waals surface area (Å²) in [6, 6.07) is 0. The number of unbranched alkanes of at least 4 members (excludes halogenated alkanes) is 8. The normalized spacial score (nSPS) is 32.8. The Bertz CT molecular complexity index is 792. The molecule has 43 heavy (non-hydrogen) atoms. The predicted molar refractivity (Wildman–Crippen MR) is 156 cm³/mol. The molecule has 2 heterocycles. The molecule has 9 N–H and O–H groups in total. The second-order valence-corrected chi connectivity index (χ2v) is 10.9. The van der Waals surface area contributed by atoms with Crippen molar-refractivity contribution in [3.63, 3.8) is 0 Å². The lowest BCUT2D eigenvalue weighted by Crippen LogP contribution is -2.62. The van der Waals surface area contributed by atoms with Gasteiger partial charge in [0, 0.05) is 6.42 Å². The summed E-state index contributed by atoms with van der Waals surface area (Å²) in [7, 11) is 0. The van der Waals surface area contributed by atoms with Gasteiger partial charge in [0.2, 0.25) is 5.79 Å². The zero-order chi connectivity index (χ0) is 32.3. The van der Waals surface area contributed by atoms with E-state index in [4.69, 9.17) is 29.5 Å². The molecule has 13 heteroatoms. The van der Waals surface area contributed by atoms with Gasteiger partial charge in [0.15, 0.2) is 6.29 Å². The number of carbonyl (C=O) groups is 1. The molecule has 2 saturated heterocycles. The number of ether oxygens (including phenoxy) is 3. The molecule has 9 atom stereocenters. The number of aliphatic carboxylic acids is 1. The molecule has 0 aliphatic carbocycles. The fourth-order valence-electron chi connectivity index (χ4n) is 4.72. The predicted octanol–water partition coefficient (Wildman–Crippen LogP) is 0.489. The van der Waals surface area contributed by atoms with E-state index < -0.39 is 80.6 Å². The van der Waals surface area contributed by atoms with Crippen molar-refractivity contribution < 1.29 is 65.0 Å². The van der Waals surface area contributed by atoms with Crippen molar-refractivity contribution in [3.05, 3.63) is 24.3 Å². The van der Waals surface area contributed by atoms with E-state index in [9.17, 15) is 35.4 Å². The Morgan fingerprint density at radius 3 is 1.86 bits per heavy atom. The first-order valence-corrected chi connectivity index (χ1v) is 15.3. The van der Waals surface area contributed by atoms with Crippen LogP contribution in [0.25, 0.3) is 0 Å². The molecule has 1 unspecified atom stereocenters. The van der Waals surface area contributed by atoms with E-state index in [1.807, 2.05) is 0 Å². The smallest absolute Gasteiger partial charge is 0.303 e. The van der Waals surface area contributed by atoms with Crippen molar-refractivity contribution in [2.24, 2.45) is 0 Å². The fourth-order valence-corrected chi connectivity index (χ4v) is 4.72. The third kappa shape index (κ3) is 13.6. The highest BCUT2D eigenvalue weighted by Gasteiger charge is 2.58. The number of carboxylic acid groups (broad SMARTS) is 1. The van der Waals surface area contributed by atoms with Gasteiger partial charge in [0.1, 0.15) is 49.3 Å². The van der Waals surface area contributed by atoms with Gasteiger partial charge in [-0.3, -0.25) is 4.79 Å². The highest BCUT2D eigenvalue weighted by atomic mass is 16.8. The highest BCUT2D eigenvalue weighted by Crippen LogP contribution is 2.35. The molecule has 0 radical (unpaired) electrons. The van der Waals surface area contributed by atoms with Gasteiger partial charge in [-0.1, -0.05) is 63.3 Å². The molecular weight excluding hydrogens is 568 g/mol. The molecular formula is C30H54O13. The second kappa shape index (κ2) is 22.1. The van der Waals surface area contributed by atoms with Crippen molar-refractivity contribution >= 4 is 5.97 Å². The molecule has 0 amide bonds. The van der Waals surface area contributed by atoms with Crippen LogP contribution in [0, 0.1) is 0 Å². The number of rotatable bonds is 19. The van der Waals surface area contributed by atoms with Crippen LogP contribution in [0.2, 0.25) is 0 Å². The monoisotopic (exact) mass is 622 g/mol. The first kappa shape index (κ1) is 39.5. The third-order valence-corrected chi connectivity index (χ3v) is 7.41. The summed E-state index contributed by atoms with van der Waals surface area (Å²) in [5, 5.41) is 85.2. The molecule has 0 aromatic heterocycles. The zero-order valence-corrected chi connectivity index (χ0v) is 25.2. The number of aliphatic hydroxyl groups is 8. The van der Waals surface area contributed by atoms with E-state index in [1.54, 1.807) is 0 Å². The van der Waals surface area contributed by atoms with Crippen LogP contribution < -0.4 is 0 Å². The molecule has 0 aromatic rings. The van der Waals surface area contributed by atoms with Crippen LogP contribution in [0.15, 0.2) is 24.3 Å². The van der Waals surface area contributed by atoms with Crippen LogP contribution in [0.1, 0.15) is 84.0 Å². The Morgan fingerprint density at radius 1 is 0.744 bits per heavy atom. The molecule has 2 aliphatic rings. The lowest BCUT2D eigenvalue weighted by atomic mass is 9.99. The first-order valence-electron chi connectivity index (χ1n) is 15.3. The maximum Gasteiger partial charge on any atom is 0.303 e. The van der Waals surface area contributed by atoms with Gasteiger partial charge in [0.05, 0.1) is 13.2 Å². The molecule has 252 valence electrons. The van der Waals surface area contributed by atoms with Gasteiger partial charge in [-0.05, 0) is 38.5 Å². The van der Waals surface area contributed by atoms with Crippen molar-refractivity contribution in [1.82, 2.24) is 0 Å². The van der Waals surface area contributed by atoms with E-state index in [2.05, 4.69) is 31.2 Å². The summed E-state index contributed by atoms with van der Waals surface area (Å²) < 4.78 is 15.4. The van der Waals surface area contributed by atoms with E-state index in [1.165, 1.54) is 44.9 Å². The average molecular weight is 623 g/mol. The van der Waals surface area contributed by atoms with E-state index in [0.29, 0.717) is 6.42 Å². The number of hydrogen-bond acceptors (Lipinski definition) is 12. The summed E-state index contributed by atoms with van der Waals surface area (Å²) in [5.74, 6) is -2.89.